The van der Waals surface area contributed by atoms with Crippen molar-refractivity contribution in [1.82, 2.24) is 10.2 Å². The summed E-state index contributed by atoms with van der Waals surface area (Å²) in [4.78, 5) is 12.1. The molecule has 1 N–H and O–H groups in total. The minimum atomic E-state index is -0.167. The number of hydrogen-bond acceptors (Lipinski definition) is 5. The number of nitrogens with zero attached hydrogens (tertiary/aromatic N) is 2. The predicted molar refractivity (Wildman–Crippen MR) is 82.6 cm³/mol. The smallest absolute Gasteiger partial charge is 0.258 e. The fraction of sp³-hybridized carbons (Fsp3) is 0.250. The van der Waals surface area contributed by atoms with Crippen molar-refractivity contribution in [2.45, 2.75) is 6.42 Å². The number of aromatic nitrogens is 2. The van der Waals surface area contributed by atoms with E-state index in [2.05, 4.69) is 38.1 Å². The summed E-state index contributed by atoms with van der Waals surface area (Å²) < 4.78 is 5.88. The van der Waals surface area contributed by atoms with Gasteiger partial charge in [0.1, 0.15) is 5.01 Å². The summed E-state index contributed by atoms with van der Waals surface area (Å²) in [6, 6.07) is 7.40. The molecule has 0 saturated carbocycles. The van der Waals surface area contributed by atoms with Crippen molar-refractivity contribution in [3.63, 3.8) is 0 Å². The number of carbonyl (C=O) groups is 1. The third-order valence-electron chi connectivity index (χ3n) is 2.33. The number of halogens is 1. The molecule has 0 aliphatic rings. The number of anilines is 1. The highest BCUT2D eigenvalue weighted by Gasteiger charge is 2.12. The maximum absolute atomic E-state index is 12.1. The zero-order valence-corrected chi connectivity index (χ0v) is 13.2. The predicted octanol–water partition coefficient (Wildman–Crippen LogP) is 2.58. The summed E-state index contributed by atoms with van der Waals surface area (Å²) in [5, 5.41) is 12.1. The normalized spacial score (nSPS) is 10.4. The highest BCUT2D eigenvalue weighted by Crippen LogP contribution is 2.18. The van der Waals surface area contributed by atoms with Crippen LogP contribution in [0.3, 0.4) is 0 Å². The van der Waals surface area contributed by atoms with Crippen LogP contribution < -0.4 is 5.32 Å². The molecule has 1 aromatic heterocycles. The molecule has 0 saturated heterocycles. The Hall–Kier alpha value is -1.06. The summed E-state index contributed by atoms with van der Waals surface area (Å²) in [6.07, 6.45) is 0.701. The average molecular weight is 389 g/mol. The molecule has 19 heavy (non-hydrogen) atoms. The number of ether oxygens (including phenoxy) is 1. The summed E-state index contributed by atoms with van der Waals surface area (Å²) in [5.41, 5.74) is 0.636. The SMILES string of the molecule is COCCc1nnc(NC(=O)c2ccccc2I)s1. The van der Waals surface area contributed by atoms with Gasteiger partial charge in [-0.2, -0.15) is 0 Å². The van der Waals surface area contributed by atoms with Crippen molar-refractivity contribution in [2.24, 2.45) is 0 Å². The number of benzene rings is 1. The van der Waals surface area contributed by atoms with Crippen molar-refractivity contribution in [3.8, 4) is 0 Å². The van der Waals surface area contributed by atoms with Gasteiger partial charge in [0.25, 0.3) is 5.91 Å². The largest absolute Gasteiger partial charge is 0.384 e. The first kappa shape index (κ1) is 14.4. The Morgan fingerprint density at radius 3 is 2.95 bits per heavy atom. The molecule has 0 atom stereocenters. The van der Waals surface area contributed by atoms with Gasteiger partial charge < -0.3 is 4.74 Å². The molecule has 2 rings (SSSR count). The Balaban J connectivity index is 2.03. The molecule has 2 aromatic rings. The first-order valence-corrected chi connectivity index (χ1v) is 7.47. The van der Waals surface area contributed by atoms with Crippen LogP contribution in [0.25, 0.3) is 0 Å². The number of rotatable bonds is 5. The summed E-state index contributed by atoms with van der Waals surface area (Å²) in [7, 11) is 1.64. The number of carbonyl (C=O) groups excluding carboxylic acids is 1. The molecule has 0 aliphatic carbocycles. The number of hydrogen-bond donors (Lipinski definition) is 1. The monoisotopic (exact) mass is 389 g/mol. The molecule has 1 aromatic carbocycles. The van der Waals surface area contributed by atoms with E-state index in [0.29, 0.717) is 23.7 Å². The van der Waals surface area contributed by atoms with Gasteiger partial charge in [-0.3, -0.25) is 10.1 Å². The zero-order chi connectivity index (χ0) is 13.7. The first-order valence-electron chi connectivity index (χ1n) is 5.58. The van der Waals surface area contributed by atoms with Crippen molar-refractivity contribution in [3.05, 3.63) is 38.4 Å². The molecule has 1 amide bonds. The molecule has 7 heteroatoms. The van der Waals surface area contributed by atoms with Crippen molar-refractivity contribution in [1.29, 1.82) is 0 Å². The van der Waals surface area contributed by atoms with E-state index in [1.54, 1.807) is 13.2 Å². The van der Waals surface area contributed by atoms with Gasteiger partial charge in [0.05, 0.1) is 12.2 Å². The Morgan fingerprint density at radius 2 is 2.21 bits per heavy atom. The Morgan fingerprint density at radius 1 is 1.42 bits per heavy atom. The zero-order valence-electron chi connectivity index (χ0n) is 10.2. The lowest BCUT2D eigenvalue weighted by Gasteiger charge is -2.02. The molecule has 1 heterocycles. The van der Waals surface area contributed by atoms with Crippen LogP contribution in [0.15, 0.2) is 24.3 Å². The van der Waals surface area contributed by atoms with Crippen LogP contribution in [0, 0.1) is 3.57 Å². The van der Waals surface area contributed by atoms with Crippen LogP contribution in [0.4, 0.5) is 5.13 Å². The van der Waals surface area contributed by atoms with Crippen LogP contribution in [0.2, 0.25) is 0 Å². The Bertz CT molecular complexity index is 574. The summed E-state index contributed by atoms with van der Waals surface area (Å²) >= 11 is 3.50. The number of amides is 1. The molecule has 0 bridgehead atoms. The second kappa shape index (κ2) is 6.92. The standard InChI is InChI=1S/C12H12IN3O2S/c1-18-7-6-10-15-16-12(19-10)14-11(17)8-4-2-3-5-9(8)13/h2-5H,6-7H2,1H3,(H,14,16,17). The number of methoxy groups -OCH3 is 1. The van der Waals surface area contributed by atoms with E-state index in [0.717, 1.165) is 8.58 Å². The topological polar surface area (TPSA) is 64.1 Å². The van der Waals surface area contributed by atoms with Gasteiger partial charge in [-0.15, -0.1) is 10.2 Å². The lowest BCUT2D eigenvalue weighted by atomic mass is 10.2. The third kappa shape index (κ3) is 3.95. The van der Waals surface area contributed by atoms with Crippen LogP contribution >= 0.6 is 33.9 Å². The highest BCUT2D eigenvalue weighted by atomic mass is 127. The van der Waals surface area contributed by atoms with Gasteiger partial charge >= 0.3 is 0 Å². The molecule has 0 spiro atoms. The van der Waals surface area contributed by atoms with Gasteiger partial charge in [0.15, 0.2) is 0 Å². The Kier molecular flexibility index (Phi) is 5.23. The number of nitrogens with one attached hydrogen (secondary N) is 1. The van der Waals surface area contributed by atoms with Crippen molar-refractivity contribution >= 4 is 45.0 Å². The molecule has 0 unspecified atom stereocenters. The van der Waals surface area contributed by atoms with Crippen LogP contribution in [-0.2, 0) is 11.2 Å². The van der Waals surface area contributed by atoms with Crippen LogP contribution in [0.5, 0.6) is 0 Å². The lowest BCUT2D eigenvalue weighted by molar-refractivity contribution is 0.102. The average Bonchev–Trinajstić information content (AvgIpc) is 2.84. The van der Waals surface area contributed by atoms with Gasteiger partial charge in [-0.1, -0.05) is 23.5 Å². The molecular formula is C12H12IN3O2S. The second-order valence-electron chi connectivity index (χ2n) is 3.68. The van der Waals surface area contributed by atoms with E-state index in [1.807, 2.05) is 18.2 Å². The van der Waals surface area contributed by atoms with E-state index in [1.165, 1.54) is 11.3 Å². The quantitative estimate of drug-likeness (QED) is 0.799. The Labute approximate surface area is 128 Å². The van der Waals surface area contributed by atoms with Crippen molar-refractivity contribution in [2.75, 3.05) is 19.0 Å². The molecule has 0 aliphatic heterocycles. The second-order valence-corrected chi connectivity index (χ2v) is 5.90. The summed E-state index contributed by atoms with van der Waals surface area (Å²) in [5.74, 6) is -0.167. The minimum Gasteiger partial charge on any atom is -0.384 e. The molecule has 5 nitrogen and oxygen atoms in total. The fourth-order valence-electron chi connectivity index (χ4n) is 1.40. The molecular weight excluding hydrogens is 377 g/mol. The first-order chi connectivity index (χ1) is 9.20. The van der Waals surface area contributed by atoms with Gasteiger partial charge in [-0.25, -0.2) is 0 Å². The van der Waals surface area contributed by atoms with E-state index < -0.39 is 0 Å². The third-order valence-corrected chi connectivity index (χ3v) is 4.16. The van der Waals surface area contributed by atoms with Crippen LogP contribution in [0.1, 0.15) is 15.4 Å². The lowest BCUT2D eigenvalue weighted by Crippen LogP contribution is -2.13. The maximum atomic E-state index is 12.1. The minimum absolute atomic E-state index is 0.167. The molecule has 100 valence electrons. The van der Waals surface area contributed by atoms with Gasteiger partial charge in [0, 0.05) is 17.1 Å². The highest BCUT2D eigenvalue weighted by molar-refractivity contribution is 14.1. The fourth-order valence-corrected chi connectivity index (χ4v) is 2.75. The van der Waals surface area contributed by atoms with Crippen LogP contribution in [-0.4, -0.2) is 29.8 Å². The summed E-state index contributed by atoms with van der Waals surface area (Å²) in [6.45, 7) is 0.596. The van der Waals surface area contributed by atoms with E-state index in [4.69, 9.17) is 4.74 Å². The molecule has 0 radical (unpaired) electrons. The maximum Gasteiger partial charge on any atom is 0.258 e. The van der Waals surface area contributed by atoms with Gasteiger partial charge in [0.2, 0.25) is 5.13 Å². The van der Waals surface area contributed by atoms with Crippen molar-refractivity contribution < 1.29 is 9.53 Å². The van der Waals surface area contributed by atoms with Gasteiger partial charge in [-0.05, 0) is 34.7 Å². The van der Waals surface area contributed by atoms with E-state index >= 15 is 0 Å². The molecule has 0 fully saturated rings. The van der Waals surface area contributed by atoms with E-state index in [-0.39, 0.29) is 5.91 Å². The van der Waals surface area contributed by atoms with E-state index in [9.17, 15) is 4.79 Å².